The largest absolute Gasteiger partial charge is 0.464 e. The number of hydrogen-bond acceptors (Lipinski definition) is 4. The molecule has 0 bridgehead atoms. The summed E-state index contributed by atoms with van der Waals surface area (Å²) in [6, 6.07) is 1.57. The molecule has 0 aromatic carbocycles. The van der Waals surface area contributed by atoms with Gasteiger partial charge >= 0.3 is 5.97 Å². The van der Waals surface area contributed by atoms with Crippen LogP contribution in [0.1, 0.15) is 21.7 Å². The van der Waals surface area contributed by atoms with E-state index in [1.807, 2.05) is 0 Å². The van der Waals surface area contributed by atoms with Crippen molar-refractivity contribution >= 4 is 11.8 Å². The van der Waals surface area contributed by atoms with Crippen LogP contribution in [0, 0.1) is 6.92 Å². The summed E-state index contributed by atoms with van der Waals surface area (Å²) < 4.78 is 4.50. The number of rotatable bonds is 2. The Morgan fingerprint density at radius 1 is 1.71 bits per heavy atom. The monoisotopic (exact) mass is 197 g/mol. The van der Waals surface area contributed by atoms with Gasteiger partial charge in [0.15, 0.2) is 5.84 Å². The second kappa shape index (κ2) is 3.82. The zero-order valence-corrected chi connectivity index (χ0v) is 7.87. The van der Waals surface area contributed by atoms with Crippen LogP contribution in [0.2, 0.25) is 0 Å². The number of hydrogen-bond donors (Lipinski definition) is 3. The SMILES string of the molecule is COC(=O)c1cc(C)c(/C(N)=N\O)[nH]1. The fourth-order valence-electron chi connectivity index (χ4n) is 1.09. The normalized spacial score (nSPS) is 11.4. The van der Waals surface area contributed by atoms with Gasteiger partial charge in [-0.05, 0) is 18.6 Å². The molecule has 1 aromatic heterocycles. The van der Waals surface area contributed by atoms with Crippen molar-refractivity contribution in [1.82, 2.24) is 4.98 Å². The lowest BCUT2D eigenvalue weighted by molar-refractivity contribution is 0.0594. The minimum Gasteiger partial charge on any atom is -0.464 e. The molecule has 0 spiro atoms. The lowest BCUT2D eigenvalue weighted by atomic mass is 10.2. The molecule has 0 fully saturated rings. The Kier molecular flexibility index (Phi) is 2.76. The van der Waals surface area contributed by atoms with E-state index in [1.54, 1.807) is 13.0 Å². The number of nitrogens with one attached hydrogen (secondary N) is 1. The Bertz CT molecular complexity index is 381. The molecule has 1 rings (SSSR count). The van der Waals surface area contributed by atoms with E-state index in [2.05, 4.69) is 14.9 Å². The molecule has 0 saturated carbocycles. The fraction of sp³-hybridized carbons (Fsp3) is 0.250. The summed E-state index contributed by atoms with van der Waals surface area (Å²) >= 11 is 0. The summed E-state index contributed by atoms with van der Waals surface area (Å²) in [5.41, 5.74) is 6.76. The number of aromatic nitrogens is 1. The van der Waals surface area contributed by atoms with Gasteiger partial charge in [0.05, 0.1) is 12.8 Å². The van der Waals surface area contributed by atoms with Crippen molar-refractivity contribution in [2.75, 3.05) is 7.11 Å². The van der Waals surface area contributed by atoms with Gasteiger partial charge in [0.1, 0.15) is 5.69 Å². The Labute approximate surface area is 80.4 Å². The van der Waals surface area contributed by atoms with E-state index in [0.29, 0.717) is 11.3 Å². The van der Waals surface area contributed by atoms with Crippen molar-refractivity contribution < 1.29 is 14.7 Å². The molecular weight excluding hydrogens is 186 g/mol. The highest BCUT2D eigenvalue weighted by Gasteiger charge is 2.13. The van der Waals surface area contributed by atoms with Crippen LogP contribution in [-0.2, 0) is 4.74 Å². The van der Waals surface area contributed by atoms with Gasteiger partial charge in [0.25, 0.3) is 0 Å². The zero-order valence-electron chi connectivity index (χ0n) is 7.87. The molecule has 1 heterocycles. The summed E-state index contributed by atoms with van der Waals surface area (Å²) in [4.78, 5) is 13.8. The molecule has 0 unspecified atom stereocenters. The fourth-order valence-corrected chi connectivity index (χ4v) is 1.09. The van der Waals surface area contributed by atoms with Gasteiger partial charge < -0.3 is 20.7 Å². The van der Waals surface area contributed by atoms with Gasteiger partial charge in [-0.1, -0.05) is 5.16 Å². The zero-order chi connectivity index (χ0) is 10.7. The first kappa shape index (κ1) is 10.1. The number of nitrogens with two attached hydrogens (primary N) is 1. The van der Waals surface area contributed by atoms with Gasteiger partial charge in [0, 0.05) is 0 Å². The van der Waals surface area contributed by atoms with Crippen LogP contribution in [0.15, 0.2) is 11.2 Å². The van der Waals surface area contributed by atoms with Crippen LogP contribution >= 0.6 is 0 Å². The first-order valence-electron chi connectivity index (χ1n) is 3.86. The van der Waals surface area contributed by atoms with Crippen LogP contribution in [0.3, 0.4) is 0 Å². The highest BCUT2D eigenvalue weighted by Crippen LogP contribution is 2.10. The second-order valence-corrected chi connectivity index (χ2v) is 2.72. The first-order chi connectivity index (χ1) is 6.60. The number of esters is 1. The van der Waals surface area contributed by atoms with E-state index in [9.17, 15) is 4.79 Å². The smallest absolute Gasteiger partial charge is 0.354 e. The van der Waals surface area contributed by atoms with Gasteiger partial charge in [0.2, 0.25) is 0 Å². The van der Waals surface area contributed by atoms with Crippen LogP contribution in [0.25, 0.3) is 0 Å². The minimum atomic E-state index is -0.495. The molecule has 0 aliphatic carbocycles. The van der Waals surface area contributed by atoms with Crippen molar-refractivity contribution in [2.45, 2.75) is 6.92 Å². The summed E-state index contributed by atoms with van der Waals surface area (Å²) in [5.74, 6) is -0.567. The van der Waals surface area contributed by atoms with Crippen molar-refractivity contribution in [2.24, 2.45) is 10.9 Å². The number of carbonyl (C=O) groups excluding carboxylic acids is 1. The topological polar surface area (TPSA) is 101 Å². The van der Waals surface area contributed by atoms with Crippen LogP contribution in [0.4, 0.5) is 0 Å². The molecular formula is C8H11N3O3. The summed E-state index contributed by atoms with van der Waals surface area (Å²) in [6.45, 7) is 1.73. The third kappa shape index (κ3) is 1.68. The standard InChI is InChI=1S/C8H11N3O3/c1-4-3-5(8(12)14-2)10-6(4)7(9)11-13/h3,10,13H,1-2H3,(H2,9,11). The Morgan fingerprint density at radius 2 is 2.36 bits per heavy atom. The molecule has 1 aromatic rings. The van der Waals surface area contributed by atoms with E-state index in [1.165, 1.54) is 7.11 Å². The molecule has 0 radical (unpaired) electrons. The highest BCUT2D eigenvalue weighted by atomic mass is 16.5. The quantitative estimate of drug-likeness (QED) is 0.207. The molecule has 14 heavy (non-hydrogen) atoms. The van der Waals surface area contributed by atoms with E-state index in [-0.39, 0.29) is 11.5 Å². The predicted octanol–water partition coefficient (Wildman–Crippen LogP) is 0.204. The maximum Gasteiger partial charge on any atom is 0.354 e. The van der Waals surface area contributed by atoms with Crippen LogP contribution < -0.4 is 5.73 Å². The molecule has 4 N–H and O–H groups in total. The third-order valence-electron chi connectivity index (χ3n) is 1.78. The molecule has 6 heteroatoms. The lowest BCUT2D eigenvalue weighted by Gasteiger charge is -1.95. The summed E-state index contributed by atoms with van der Waals surface area (Å²) in [6.07, 6.45) is 0. The number of methoxy groups -OCH3 is 1. The molecule has 0 saturated heterocycles. The van der Waals surface area contributed by atoms with E-state index in [0.717, 1.165) is 0 Å². The van der Waals surface area contributed by atoms with Gasteiger partial charge in [-0.3, -0.25) is 0 Å². The number of carbonyl (C=O) groups is 1. The van der Waals surface area contributed by atoms with E-state index >= 15 is 0 Å². The summed E-state index contributed by atoms with van der Waals surface area (Å²) in [7, 11) is 1.28. The number of aryl methyl sites for hydroxylation is 1. The lowest BCUT2D eigenvalue weighted by Crippen LogP contribution is -2.15. The highest BCUT2D eigenvalue weighted by molar-refractivity contribution is 5.99. The van der Waals surface area contributed by atoms with E-state index < -0.39 is 5.97 Å². The Balaban J connectivity index is 3.11. The van der Waals surface area contributed by atoms with Gasteiger partial charge in [-0.15, -0.1) is 0 Å². The van der Waals surface area contributed by atoms with Crippen LogP contribution in [0.5, 0.6) is 0 Å². The molecule has 0 amide bonds. The Hall–Kier alpha value is -1.98. The maximum atomic E-state index is 11.1. The van der Waals surface area contributed by atoms with Crippen molar-refractivity contribution in [3.05, 3.63) is 23.0 Å². The number of H-pyrrole nitrogens is 1. The predicted molar refractivity (Wildman–Crippen MR) is 49.4 cm³/mol. The van der Waals surface area contributed by atoms with Crippen molar-refractivity contribution in [3.8, 4) is 0 Å². The Morgan fingerprint density at radius 3 is 2.86 bits per heavy atom. The molecule has 0 aliphatic rings. The number of nitrogens with zero attached hydrogens (tertiary/aromatic N) is 1. The maximum absolute atomic E-state index is 11.1. The minimum absolute atomic E-state index is 0.0716. The molecule has 0 aliphatic heterocycles. The van der Waals surface area contributed by atoms with Gasteiger partial charge in [-0.25, -0.2) is 4.79 Å². The molecule has 6 nitrogen and oxygen atoms in total. The van der Waals surface area contributed by atoms with Gasteiger partial charge in [-0.2, -0.15) is 0 Å². The average molecular weight is 197 g/mol. The van der Waals surface area contributed by atoms with Crippen molar-refractivity contribution in [1.29, 1.82) is 0 Å². The van der Waals surface area contributed by atoms with Crippen LogP contribution in [-0.4, -0.2) is 29.1 Å². The number of ether oxygens (including phenoxy) is 1. The number of aromatic amines is 1. The summed E-state index contributed by atoms with van der Waals surface area (Å²) in [5, 5.41) is 11.3. The van der Waals surface area contributed by atoms with Crippen molar-refractivity contribution in [3.63, 3.8) is 0 Å². The second-order valence-electron chi connectivity index (χ2n) is 2.72. The number of amidine groups is 1. The van der Waals surface area contributed by atoms with E-state index in [4.69, 9.17) is 10.9 Å². The third-order valence-corrected chi connectivity index (χ3v) is 1.78. The molecule has 0 atom stereocenters. The first-order valence-corrected chi connectivity index (χ1v) is 3.86. The average Bonchev–Trinajstić information content (AvgIpc) is 2.58. The number of oxime groups is 1. The molecule has 76 valence electrons.